The molecule has 0 unspecified atom stereocenters. The zero-order valence-corrected chi connectivity index (χ0v) is 13.2. The third kappa shape index (κ3) is 2.73. The Morgan fingerprint density at radius 3 is 2.78 bits per heavy atom. The SMILES string of the molecule is O=C([C@@H]1CCCO1)N1CCc2nc(N3CCCC3)[nH]c(=O)c2C1. The van der Waals surface area contributed by atoms with Crippen LogP contribution in [0.15, 0.2) is 4.79 Å². The van der Waals surface area contributed by atoms with Gasteiger partial charge >= 0.3 is 0 Å². The molecule has 7 heteroatoms. The van der Waals surface area contributed by atoms with Crippen LogP contribution >= 0.6 is 0 Å². The van der Waals surface area contributed by atoms with Gasteiger partial charge in [0.2, 0.25) is 5.95 Å². The van der Waals surface area contributed by atoms with Gasteiger partial charge in [0.15, 0.2) is 0 Å². The third-order valence-electron chi connectivity index (χ3n) is 4.98. The molecule has 0 spiro atoms. The molecule has 3 aliphatic rings. The first-order valence-corrected chi connectivity index (χ1v) is 8.50. The van der Waals surface area contributed by atoms with Crippen LogP contribution in [0.1, 0.15) is 36.9 Å². The van der Waals surface area contributed by atoms with E-state index in [0.29, 0.717) is 37.6 Å². The maximum atomic E-state index is 12.5. The van der Waals surface area contributed by atoms with Gasteiger partial charge in [-0.15, -0.1) is 0 Å². The number of nitrogens with zero attached hydrogens (tertiary/aromatic N) is 3. The van der Waals surface area contributed by atoms with Gasteiger partial charge in [0.1, 0.15) is 6.10 Å². The fraction of sp³-hybridized carbons (Fsp3) is 0.688. The quantitative estimate of drug-likeness (QED) is 0.856. The Morgan fingerprint density at radius 2 is 2.04 bits per heavy atom. The fourth-order valence-corrected chi connectivity index (χ4v) is 3.65. The highest BCUT2D eigenvalue weighted by atomic mass is 16.5. The lowest BCUT2D eigenvalue weighted by Crippen LogP contribution is -2.44. The van der Waals surface area contributed by atoms with E-state index in [4.69, 9.17) is 4.74 Å². The third-order valence-corrected chi connectivity index (χ3v) is 4.98. The highest BCUT2D eigenvalue weighted by molar-refractivity contribution is 5.81. The Labute approximate surface area is 134 Å². The van der Waals surface area contributed by atoms with Gasteiger partial charge in [-0.25, -0.2) is 4.98 Å². The minimum atomic E-state index is -0.326. The molecule has 0 radical (unpaired) electrons. The van der Waals surface area contributed by atoms with Crippen molar-refractivity contribution in [3.05, 3.63) is 21.6 Å². The number of amides is 1. The molecule has 1 aromatic rings. The zero-order chi connectivity index (χ0) is 15.8. The van der Waals surface area contributed by atoms with Gasteiger partial charge < -0.3 is 14.5 Å². The number of carbonyl (C=O) groups is 1. The molecule has 1 aromatic heterocycles. The predicted molar refractivity (Wildman–Crippen MR) is 84.4 cm³/mol. The Kier molecular flexibility index (Phi) is 3.80. The van der Waals surface area contributed by atoms with E-state index in [0.717, 1.165) is 44.5 Å². The Morgan fingerprint density at radius 1 is 1.22 bits per heavy atom. The van der Waals surface area contributed by atoms with E-state index >= 15 is 0 Å². The summed E-state index contributed by atoms with van der Waals surface area (Å²) in [7, 11) is 0. The number of ether oxygens (including phenoxy) is 1. The summed E-state index contributed by atoms with van der Waals surface area (Å²) in [5.41, 5.74) is 1.36. The molecule has 7 nitrogen and oxygen atoms in total. The summed E-state index contributed by atoms with van der Waals surface area (Å²) in [6.07, 6.45) is 4.31. The monoisotopic (exact) mass is 318 g/mol. The molecule has 1 atom stereocenters. The number of rotatable bonds is 2. The smallest absolute Gasteiger partial charge is 0.257 e. The fourth-order valence-electron chi connectivity index (χ4n) is 3.65. The first kappa shape index (κ1) is 14.7. The van der Waals surface area contributed by atoms with E-state index in [2.05, 4.69) is 14.9 Å². The molecule has 1 amide bonds. The first-order chi connectivity index (χ1) is 11.2. The van der Waals surface area contributed by atoms with Crippen molar-refractivity contribution in [2.75, 3.05) is 31.1 Å². The van der Waals surface area contributed by atoms with Gasteiger partial charge in [0.05, 0.1) is 17.8 Å². The molecule has 0 aromatic carbocycles. The average molecular weight is 318 g/mol. The highest BCUT2D eigenvalue weighted by Crippen LogP contribution is 2.22. The molecule has 0 aliphatic carbocycles. The summed E-state index contributed by atoms with van der Waals surface area (Å²) in [5.74, 6) is 0.696. The van der Waals surface area contributed by atoms with Crippen LogP contribution in [-0.4, -0.2) is 53.1 Å². The molecular formula is C16H22N4O3. The van der Waals surface area contributed by atoms with E-state index in [-0.39, 0.29) is 17.6 Å². The van der Waals surface area contributed by atoms with Crippen LogP contribution < -0.4 is 10.5 Å². The predicted octanol–water partition coefficient (Wildman–Crippen LogP) is 0.434. The lowest BCUT2D eigenvalue weighted by Gasteiger charge is -2.30. The van der Waals surface area contributed by atoms with Gasteiger partial charge in [0.25, 0.3) is 11.5 Å². The summed E-state index contributed by atoms with van der Waals surface area (Å²) in [6, 6.07) is 0. The summed E-state index contributed by atoms with van der Waals surface area (Å²) in [4.78, 5) is 36.3. The number of nitrogens with one attached hydrogen (secondary N) is 1. The number of H-pyrrole nitrogens is 1. The maximum Gasteiger partial charge on any atom is 0.257 e. The largest absolute Gasteiger partial charge is 0.368 e. The second-order valence-corrected chi connectivity index (χ2v) is 6.52. The van der Waals surface area contributed by atoms with Gasteiger partial charge in [-0.2, -0.15) is 0 Å². The Balaban J connectivity index is 1.55. The number of hydrogen-bond donors (Lipinski definition) is 1. The van der Waals surface area contributed by atoms with Gasteiger partial charge in [0, 0.05) is 32.7 Å². The lowest BCUT2D eigenvalue weighted by atomic mass is 10.1. The number of aromatic amines is 1. The summed E-state index contributed by atoms with van der Waals surface area (Å²) in [5, 5.41) is 0. The number of carbonyl (C=O) groups excluding carboxylic acids is 1. The number of anilines is 1. The van der Waals surface area contributed by atoms with Crippen molar-refractivity contribution < 1.29 is 9.53 Å². The topological polar surface area (TPSA) is 78.5 Å². The molecule has 124 valence electrons. The number of aromatic nitrogens is 2. The molecule has 0 bridgehead atoms. The standard InChI is InChI=1S/C16H22N4O3/c21-14-11-10-20(15(22)13-4-3-9-23-13)8-5-12(11)17-16(18-14)19-6-1-2-7-19/h13H,1-10H2,(H,17,18,21)/t13-/m0/s1. The van der Waals surface area contributed by atoms with E-state index in [1.165, 1.54) is 0 Å². The van der Waals surface area contributed by atoms with Crippen LogP contribution in [0.4, 0.5) is 5.95 Å². The van der Waals surface area contributed by atoms with Crippen LogP contribution in [0, 0.1) is 0 Å². The van der Waals surface area contributed by atoms with E-state index in [9.17, 15) is 9.59 Å². The van der Waals surface area contributed by atoms with E-state index in [1.54, 1.807) is 4.90 Å². The van der Waals surface area contributed by atoms with Crippen molar-refractivity contribution in [3.63, 3.8) is 0 Å². The van der Waals surface area contributed by atoms with Crippen molar-refractivity contribution in [2.24, 2.45) is 0 Å². The van der Waals surface area contributed by atoms with Crippen LogP contribution in [0.2, 0.25) is 0 Å². The van der Waals surface area contributed by atoms with Crippen LogP contribution in [0.3, 0.4) is 0 Å². The van der Waals surface area contributed by atoms with Gasteiger partial charge in [-0.1, -0.05) is 0 Å². The molecule has 1 N–H and O–H groups in total. The van der Waals surface area contributed by atoms with Crippen LogP contribution in [-0.2, 0) is 22.5 Å². The molecule has 0 saturated carbocycles. The van der Waals surface area contributed by atoms with Gasteiger partial charge in [-0.05, 0) is 25.7 Å². The van der Waals surface area contributed by atoms with Crippen molar-refractivity contribution >= 4 is 11.9 Å². The van der Waals surface area contributed by atoms with Crippen molar-refractivity contribution in [2.45, 2.75) is 44.8 Å². The second kappa shape index (κ2) is 5.96. The van der Waals surface area contributed by atoms with Gasteiger partial charge in [-0.3, -0.25) is 14.6 Å². The zero-order valence-electron chi connectivity index (χ0n) is 13.2. The lowest BCUT2D eigenvalue weighted by molar-refractivity contribution is -0.141. The summed E-state index contributed by atoms with van der Waals surface area (Å²) < 4.78 is 5.47. The summed E-state index contributed by atoms with van der Waals surface area (Å²) in [6.45, 7) is 3.51. The molecule has 4 heterocycles. The molecule has 4 rings (SSSR count). The van der Waals surface area contributed by atoms with Crippen molar-refractivity contribution in [1.82, 2.24) is 14.9 Å². The van der Waals surface area contributed by atoms with Crippen molar-refractivity contribution in [3.8, 4) is 0 Å². The normalized spacial score (nSPS) is 24.1. The Hall–Kier alpha value is -1.89. The first-order valence-electron chi connectivity index (χ1n) is 8.50. The maximum absolute atomic E-state index is 12.5. The average Bonchev–Trinajstić information content (AvgIpc) is 3.27. The molecule has 3 aliphatic heterocycles. The van der Waals surface area contributed by atoms with E-state index in [1.807, 2.05) is 0 Å². The van der Waals surface area contributed by atoms with Crippen LogP contribution in [0.25, 0.3) is 0 Å². The van der Waals surface area contributed by atoms with E-state index < -0.39 is 0 Å². The minimum absolute atomic E-state index is 0.0103. The number of fused-ring (bicyclic) bond motifs is 1. The van der Waals surface area contributed by atoms with Crippen molar-refractivity contribution in [1.29, 1.82) is 0 Å². The Bertz CT molecular complexity index is 660. The second-order valence-electron chi connectivity index (χ2n) is 6.52. The molecule has 2 saturated heterocycles. The molecule has 23 heavy (non-hydrogen) atoms. The molecule has 2 fully saturated rings. The highest BCUT2D eigenvalue weighted by Gasteiger charge is 2.32. The minimum Gasteiger partial charge on any atom is -0.368 e. The summed E-state index contributed by atoms with van der Waals surface area (Å²) >= 11 is 0. The molecular weight excluding hydrogens is 296 g/mol. The number of hydrogen-bond acceptors (Lipinski definition) is 5. The van der Waals surface area contributed by atoms with Crippen LogP contribution in [0.5, 0.6) is 0 Å².